The van der Waals surface area contributed by atoms with Gasteiger partial charge in [0.05, 0.1) is 0 Å². The lowest BCUT2D eigenvalue weighted by atomic mass is 9.99. The largest absolute Gasteiger partial charge is 0.463 e. The molecule has 1 fully saturated rings. The SMILES string of the molecule is O=C(CC[N+](=O)[O-])OC[C@H]1O[C@@H](O)[C@H](O)[C@@H](O)[C@@H]1OC(=O)CC[N+](=O)[O-]. The summed E-state index contributed by atoms with van der Waals surface area (Å²) in [6, 6.07) is 0. The van der Waals surface area contributed by atoms with Crippen molar-refractivity contribution in [2.45, 2.75) is 43.5 Å². The van der Waals surface area contributed by atoms with Gasteiger partial charge in [0.1, 0.15) is 37.8 Å². The molecule has 3 N–H and O–H groups in total. The third kappa shape index (κ3) is 6.83. The van der Waals surface area contributed by atoms with Crippen molar-refractivity contribution in [2.24, 2.45) is 0 Å². The van der Waals surface area contributed by atoms with Gasteiger partial charge in [-0.1, -0.05) is 0 Å². The van der Waals surface area contributed by atoms with Crippen LogP contribution in [0.25, 0.3) is 0 Å². The quantitative estimate of drug-likeness (QED) is 0.210. The molecule has 5 atom stereocenters. The summed E-state index contributed by atoms with van der Waals surface area (Å²) in [5.74, 6) is -2.05. The van der Waals surface area contributed by atoms with E-state index in [-0.39, 0.29) is 0 Å². The number of nitrogens with zero attached hydrogens (tertiary/aromatic N) is 2. The zero-order valence-electron chi connectivity index (χ0n) is 13.3. The van der Waals surface area contributed by atoms with Crippen LogP contribution < -0.4 is 0 Å². The first-order chi connectivity index (χ1) is 12.1. The molecule has 0 amide bonds. The summed E-state index contributed by atoms with van der Waals surface area (Å²) in [4.78, 5) is 41.9. The summed E-state index contributed by atoms with van der Waals surface area (Å²) in [7, 11) is 0. The van der Waals surface area contributed by atoms with E-state index in [0.29, 0.717) is 0 Å². The van der Waals surface area contributed by atoms with E-state index in [0.717, 1.165) is 0 Å². The molecule has 0 radical (unpaired) electrons. The molecule has 0 aromatic heterocycles. The molecule has 1 saturated heterocycles. The number of carbonyl (C=O) groups excluding carboxylic acids is 2. The predicted molar refractivity (Wildman–Crippen MR) is 76.7 cm³/mol. The topological polar surface area (TPSA) is 209 Å². The van der Waals surface area contributed by atoms with E-state index in [9.17, 15) is 45.1 Å². The lowest BCUT2D eigenvalue weighted by Crippen LogP contribution is -2.60. The molecule has 0 unspecified atom stereocenters. The third-order valence-electron chi connectivity index (χ3n) is 3.33. The van der Waals surface area contributed by atoms with Crippen LogP contribution in [0, 0.1) is 20.2 Å². The Morgan fingerprint density at radius 2 is 1.50 bits per heavy atom. The summed E-state index contributed by atoms with van der Waals surface area (Å²) >= 11 is 0. The molecule has 0 bridgehead atoms. The molecule has 1 heterocycles. The Balaban J connectivity index is 2.67. The van der Waals surface area contributed by atoms with E-state index in [4.69, 9.17) is 14.2 Å². The Morgan fingerprint density at radius 1 is 0.962 bits per heavy atom. The van der Waals surface area contributed by atoms with Crippen LogP contribution in [0.1, 0.15) is 12.8 Å². The van der Waals surface area contributed by atoms with Gasteiger partial charge < -0.3 is 29.5 Å². The van der Waals surface area contributed by atoms with Gasteiger partial charge in [-0.2, -0.15) is 0 Å². The normalized spacial score (nSPS) is 28.2. The van der Waals surface area contributed by atoms with Crippen molar-refractivity contribution < 1.29 is 49.0 Å². The fourth-order valence-corrected chi connectivity index (χ4v) is 2.02. The number of aliphatic hydroxyl groups is 3. The van der Waals surface area contributed by atoms with Gasteiger partial charge in [-0.25, -0.2) is 0 Å². The van der Waals surface area contributed by atoms with E-state index in [1.54, 1.807) is 0 Å². The number of hydrogen-bond donors (Lipinski definition) is 3. The zero-order valence-corrected chi connectivity index (χ0v) is 13.3. The standard InChI is InChI=1S/C12H18N2O12/c15-7(1-3-13(20)21)24-5-6-11(9(17)10(18)12(19)25-6)26-8(16)2-4-14(22)23/h6,9-12,17-19H,1-5H2/t6-,9-,10-,11-,12-/m1/s1. The molecule has 148 valence electrons. The van der Waals surface area contributed by atoms with Crippen molar-refractivity contribution in [3.63, 3.8) is 0 Å². The maximum absolute atomic E-state index is 11.6. The minimum absolute atomic E-state index is 0.541. The second-order valence-electron chi connectivity index (χ2n) is 5.30. The van der Waals surface area contributed by atoms with Gasteiger partial charge in [0, 0.05) is 9.85 Å². The van der Waals surface area contributed by atoms with Crippen LogP contribution in [0.4, 0.5) is 0 Å². The smallest absolute Gasteiger partial charge is 0.312 e. The lowest BCUT2D eigenvalue weighted by Gasteiger charge is -2.39. The summed E-state index contributed by atoms with van der Waals surface area (Å²) < 4.78 is 14.4. The molecule has 0 aromatic rings. The summed E-state index contributed by atoms with van der Waals surface area (Å²) in [5.41, 5.74) is 0. The van der Waals surface area contributed by atoms with E-state index in [1.807, 2.05) is 0 Å². The van der Waals surface area contributed by atoms with Gasteiger partial charge in [0.15, 0.2) is 12.4 Å². The number of carbonyl (C=O) groups is 2. The van der Waals surface area contributed by atoms with Crippen molar-refractivity contribution in [3.8, 4) is 0 Å². The van der Waals surface area contributed by atoms with Gasteiger partial charge >= 0.3 is 11.9 Å². The molecule has 0 spiro atoms. The number of aliphatic hydroxyl groups excluding tert-OH is 3. The van der Waals surface area contributed by atoms with Crippen molar-refractivity contribution in [2.75, 3.05) is 19.7 Å². The van der Waals surface area contributed by atoms with Crippen LogP contribution in [0.3, 0.4) is 0 Å². The Morgan fingerprint density at radius 3 is 2.04 bits per heavy atom. The molecule has 26 heavy (non-hydrogen) atoms. The van der Waals surface area contributed by atoms with Crippen molar-refractivity contribution in [1.29, 1.82) is 0 Å². The average Bonchev–Trinajstić information content (AvgIpc) is 2.57. The molecule has 14 heteroatoms. The zero-order chi connectivity index (χ0) is 19.9. The van der Waals surface area contributed by atoms with Crippen LogP contribution in [-0.2, 0) is 23.8 Å². The van der Waals surface area contributed by atoms with Gasteiger partial charge in [-0.3, -0.25) is 29.8 Å². The van der Waals surface area contributed by atoms with Crippen LogP contribution in [-0.4, -0.2) is 87.5 Å². The van der Waals surface area contributed by atoms with Gasteiger partial charge in [-0.05, 0) is 0 Å². The number of rotatable bonds is 9. The van der Waals surface area contributed by atoms with Gasteiger partial charge in [-0.15, -0.1) is 0 Å². The first kappa shape index (κ1) is 21.6. The molecular weight excluding hydrogens is 364 g/mol. The highest BCUT2D eigenvalue weighted by Gasteiger charge is 2.46. The number of ether oxygens (including phenoxy) is 3. The van der Waals surface area contributed by atoms with Crippen LogP contribution in [0.2, 0.25) is 0 Å². The lowest BCUT2D eigenvalue weighted by molar-refractivity contribution is -0.479. The summed E-state index contributed by atoms with van der Waals surface area (Å²) in [6.45, 7) is -2.05. The van der Waals surface area contributed by atoms with Crippen LogP contribution in [0.15, 0.2) is 0 Å². The first-order valence-corrected chi connectivity index (χ1v) is 7.40. The van der Waals surface area contributed by atoms with Crippen molar-refractivity contribution >= 4 is 11.9 Å². The second kappa shape index (κ2) is 9.91. The minimum atomic E-state index is -1.87. The van der Waals surface area contributed by atoms with Crippen molar-refractivity contribution in [3.05, 3.63) is 20.2 Å². The monoisotopic (exact) mass is 382 g/mol. The Bertz CT molecular complexity index is 540. The second-order valence-corrected chi connectivity index (χ2v) is 5.30. The fraction of sp³-hybridized carbons (Fsp3) is 0.833. The molecule has 1 aliphatic heterocycles. The van der Waals surface area contributed by atoms with Crippen molar-refractivity contribution in [1.82, 2.24) is 0 Å². The minimum Gasteiger partial charge on any atom is -0.463 e. The van der Waals surface area contributed by atoms with Crippen LogP contribution in [0.5, 0.6) is 0 Å². The van der Waals surface area contributed by atoms with E-state index in [2.05, 4.69) is 0 Å². The third-order valence-corrected chi connectivity index (χ3v) is 3.33. The molecule has 0 aromatic carbocycles. The van der Waals surface area contributed by atoms with E-state index >= 15 is 0 Å². The average molecular weight is 382 g/mol. The number of nitro groups is 2. The highest BCUT2D eigenvalue weighted by Crippen LogP contribution is 2.23. The Labute approximate surface area is 145 Å². The Kier molecular flexibility index (Phi) is 8.24. The highest BCUT2D eigenvalue weighted by atomic mass is 16.7. The molecule has 0 aliphatic carbocycles. The number of esters is 2. The highest BCUT2D eigenvalue weighted by molar-refractivity contribution is 5.70. The predicted octanol–water partition coefficient (Wildman–Crippen LogP) is -2.79. The van der Waals surface area contributed by atoms with Gasteiger partial charge in [0.25, 0.3) is 0 Å². The summed E-state index contributed by atoms with van der Waals surface area (Å²) in [6.07, 6.45) is -9.68. The molecule has 0 saturated carbocycles. The maximum Gasteiger partial charge on any atom is 0.312 e. The molecule has 1 rings (SSSR count). The fourth-order valence-electron chi connectivity index (χ4n) is 2.02. The Hall–Kier alpha value is -2.42. The first-order valence-electron chi connectivity index (χ1n) is 7.40. The van der Waals surface area contributed by atoms with Crippen LogP contribution >= 0.6 is 0 Å². The maximum atomic E-state index is 11.6. The van der Waals surface area contributed by atoms with E-state index in [1.165, 1.54) is 0 Å². The molecule has 14 nitrogen and oxygen atoms in total. The summed E-state index contributed by atoms with van der Waals surface area (Å²) in [5, 5.41) is 49.4. The number of hydrogen-bond acceptors (Lipinski definition) is 12. The molecule has 1 aliphatic rings. The van der Waals surface area contributed by atoms with Gasteiger partial charge in [0.2, 0.25) is 13.1 Å². The molecular formula is C12H18N2O12. The van der Waals surface area contributed by atoms with E-state index < -0.39 is 85.0 Å².